The van der Waals surface area contributed by atoms with E-state index in [4.69, 9.17) is 18.8 Å². The molecule has 0 saturated carbocycles. The van der Waals surface area contributed by atoms with Crippen molar-refractivity contribution in [3.8, 4) is 5.75 Å². The number of para-hydroxylation sites is 1. The zero-order chi connectivity index (χ0) is 32.3. The van der Waals surface area contributed by atoms with Crippen molar-refractivity contribution in [3.63, 3.8) is 0 Å². The van der Waals surface area contributed by atoms with Crippen molar-refractivity contribution in [1.29, 1.82) is 0 Å². The first kappa shape index (κ1) is 37.4. The molecule has 3 rings (SSSR count). The Morgan fingerprint density at radius 1 is 0.818 bits per heavy atom. The first-order valence-corrected chi connectivity index (χ1v) is 14.9. The van der Waals surface area contributed by atoms with Gasteiger partial charge in [-0.05, 0) is 32.3 Å². The van der Waals surface area contributed by atoms with Crippen molar-refractivity contribution in [3.05, 3.63) is 102 Å². The van der Waals surface area contributed by atoms with Crippen LogP contribution in [0.15, 0.2) is 84.9 Å². The predicted molar refractivity (Wildman–Crippen MR) is 157 cm³/mol. The van der Waals surface area contributed by atoms with E-state index in [1.807, 2.05) is 0 Å². The number of hydrogen-bond acceptors (Lipinski definition) is 7. The fraction of sp³-hybridized carbons (Fsp3) is 0.375. The van der Waals surface area contributed by atoms with Gasteiger partial charge in [0.15, 0.2) is 6.61 Å². The van der Waals surface area contributed by atoms with E-state index in [1.54, 1.807) is 114 Å². The molecule has 0 aliphatic rings. The zero-order valence-electron chi connectivity index (χ0n) is 26.8. The Balaban J connectivity index is 0.00000506. The average molecular weight is 643 g/mol. The standard InChI is InChI=1S/C32H36F2O8S.Na.H/c1-29(2,3)26(27(35)40-21-31(33,34)43(37,38)39)24-19-13-14-20-25(24)41-32(22-15-9-7-10-16-22,23-17-11-8-12-18-23)28(36)42-30(4,5)6;;/h7-20,26H,21H2,1-6H3,(H,37,38,39);;/q;+1;-1. The molecule has 1 N–H and O–H groups in total. The Kier molecular flexibility index (Phi) is 12.0. The minimum absolute atomic E-state index is 0. The third-order valence-electron chi connectivity index (χ3n) is 6.40. The van der Waals surface area contributed by atoms with Crippen LogP contribution in [0, 0.1) is 5.41 Å². The maximum absolute atomic E-state index is 14.2. The topological polar surface area (TPSA) is 116 Å². The van der Waals surface area contributed by atoms with E-state index in [0.717, 1.165) is 0 Å². The molecule has 0 bridgehead atoms. The van der Waals surface area contributed by atoms with Crippen LogP contribution in [0.2, 0.25) is 0 Å². The molecule has 8 nitrogen and oxygen atoms in total. The van der Waals surface area contributed by atoms with E-state index in [-0.39, 0.29) is 42.3 Å². The Bertz CT molecular complexity index is 1500. The third-order valence-corrected chi connectivity index (χ3v) is 7.27. The SMILES string of the molecule is CC(C)(C)OC(=O)C(Oc1ccccc1C(C(=O)OCC(F)(F)S(=O)(=O)O)C(C)(C)C)(c1ccccc1)c1ccccc1.[H-].[Na+]. The monoisotopic (exact) mass is 642 g/mol. The second-order valence-corrected chi connectivity index (χ2v) is 13.6. The first-order valence-electron chi connectivity index (χ1n) is 13.4. The Morgan fingerprint density at radius 2 is 1.27 bits per heavy atom. The van der Waals surface area contributed by atoms with Crippen LogP contribution in [0.1, 0.15) is 65.6 Å². The first-order chi connectivity index (χ1) is 19.8. The van der Waals surface area contributed by atoms with Gasteiger partial charge in [0.05, 0.1) is 5.92 Å². The van der Waals surface area contributed by atoms with Crippen molar-refractivity contribution >= 4 is 22.1 Å². The van der Waals surface area contributed by atoms with Gasteiger partial charge >= 0.3 is 56.9 Å². The van der Waals surface area contributed by atoms with Gasteiger partial charge in [0.1, 0.15) is 11.4 Å². The Hall–Kier alpha value is -2.83. The van der Waals surface area contributed by atoms with Crippen LogP contribution in [0.5, 0.6) is 5.75 Å². The Morgan fingerprint density at radius 3 is 1.70 bits per heavy atom. The molecule has 3 aromatic carbocycles. The zero-order valence-corrected chi connectivity index (χ0v) is 28.7. The number of hydrogen-bond donors (Lipinski definition) is 1. The molecule has 12 heteroatoms. The number of benzene rings is 3. The molecule has 234 valence electrons. The van der Waals surface area contributed by atoms with Gasteiger partial charge in [-0.1, -0.05) is 99.6 Å². The quantitative estimate of drug-likeness (QED) is 0.203. The van der Waals surface area contributed by atoms with E-state index in [1.165, 1.54) is 12.1 Å². The van der Waals surface area contributed by atoms with Gasteiger partial charge in [-0.3, -0.25) is 9.35 Å². The number of carbonyl (C=O) groups excluding carboxylic acids is 2. The molecule has 0 fully saturated rings. The van der Waals surface area contributed by atoms with Crippen molar-refractivity contribution < 1.29 is 76.5 Å². The predicted octanol–water partition coefficient (Wildman–Crippen LogP) is 3.62. The van der Waals surface area contributed by atoms with E-state index >= 15 is 0 Å². The summed E-state index contributed by atoms with van der Waals surface area (Å²) in [7, 11) is -5.83. The fourth-order valence-electron chi connectivity index (χ4n) is 4.49. The molecular formula is C32H37F2NaO8S. The molecule has 0 heterocycles. The molecule has 0 radical (unpaired) electrons. The molecule has 0 aliphatic carbocycles. The van der Waals surface area contributed by atoms with E-state index in [0.29, 0.717) is 11.1 Å². The van der Waals surface area contributed by atoms with Crippen LogP contribution >= 0.6 is 0 Å². The maximum Gasteiger partial charge on any atom is 1.00 e. The summed E-state index contributed by atoms with van der Waals surface area (Å²) in [5.41, 5.74) is -2.73. The molecule has 44 heavy (non-hydrogen) atoms. The number of ether oxygens (including phenoxy) is 3. The molecule has 0 aromatic heterocycles. The van der Waals surface area contributed by atoms with Crippen LogP contribution in [0.3, 0.4) is 0 Å². The Labute approximate surface area is 280 Å². The normalized spacial score (nSPS) is 13.3. The summed E-state index contributed by atoms with van der Waals surface area (Å²) >= 11 is 0. The molecular weight excluding hydrogens is 605 g/mol. The number of halogens is 2. The van der Waals surface area contributed by atoms with Crippen molar-refractivity contribution in [1.82, 2.24) is 0 Å². The van der Waals surface area contributed by atoms with Crippen LogP contribution in [0.4, 0.5) is 8.78 Å². The van der Waals surface area contributed by atoms with Crippen molar-refractivity contribution in [2.75, 3.05) is 6.61 Å². The minimum atomic E-state index is -5.83. The molecule has 3 aromatic rings. The van der Waals surface area contributed by atoms with E-state index < -0.39 is 56.5 Å². The number of esters is 2. The largest absolute Gasteiger partial charge is 1.00 e. The molecule has 0 aliphatic heterocycles. The van der Waals surface area contributed by atoms with Crippen LogP contribution in [-0.2, 0) is 34.8 Å². The van der Waals surface area contributed by atoms with Gasteiger partial charge in [-0.2, -0.15) is 17.2 Å². The average Bonchev–Trinajstić information content (AvgIpc) is 2.90. The molecule has 1 unspecified atom stereocenters. The second-order valence-electron chi connectivity index (χ2n) is 12.1. The number of alkyl halides is 2. The van der Waals surface area contributed by atoms with Crippen LogP contribution < -0.4 is 34.3 Å². The summed E-state index contributed by atoms with van der Waals surface area (Å²) < 4.78 is 76.3. The molecule has 0 amide bonds. The van der Waals surface area contributed by atoms with Crippen LogP contribution in [0.25, 0.3) is 0 Å². The summed E-state index contributed by atoms with van der Waals surface area (Å²) in [5, 5.41) is -4.71. The second kappa shape index (κ2) is 14.1. The summed E-state index contributed by atoms with van der Waals surface area (Å²) in [5.74, 6) is -3.15. The maximum atomic E-state index is 14.2. The van der Waals surface area contributed by atoms with Gasteiger partial charge < -0.3 is 15.6 Å². The molecule has 0 spiro atoms. The summed E-state index contributed by atoms with van der Waals surface area (Å²) in [6.45, 7) is 8.23. The van der Waals surface area contributed by atoms with E-state index in [9.17, 15) is 26.8 Å². The number of carbonyl (C=O) groups is 2. The van der Waals surface area contributed by atoms with Gasteiger partial charge in [-0.15, -0.1) is 0 Å². The van der Waals surface area contributed by atoms with Crippen LogP contribution in [-0.4, -0.2) is 42.4 Å². The fourth-order valence-corrected chi connectivity index (χ4v) is 4.70. The summed E-state index contributed by atoms with van der Waals surface area (Å²) in [4.78, 5) is 27.6. The molecule has 0 saturated heterocycles. The van der Waals surface area contributed by atoms with E-state index in [2.05, 4.69) is 0 Å². The van der Waals surface area contributed by atoms with Crippen molar-refractivity contribution in [2.45, 2.75) is 63.9 Å². The van der Waals surface area contributed by atoms with Gasteiger partial charge in [0.25, 0.3) is 5.60 Å². The smallest absolute Gasteiger partial charge is 1.00 e. The minimum Gasteiger partial charge on any atom is -1.00 e. The van der Waals surface area contributed by atoms with Gasteiger partial charge in [0.2, 0.25) is 0 Å². The summed E-state index contributed by atoms with van der Waals surface area (Å²) in [6.07, 6.45) is 0. The van der Waals surface area contributed by atoms with Gasteiger partial charge in [-0.25, -0.2) is 4.79 Å². The van der Waals surface area contributed by atoms with Crippen molar-refractivity contribution in [2.24, 2.45) is 5.41 Å². The number of rotatable bonds is 10. The third kappa shape index (κ3) is 8.66. The summed E-state index contributed by atoms with van der Waals surface area (Å²) in [6, 6.07) is 23.6. The molecule has 1 atom stereocenters. The van der Waals surface area contributed by atoms with Gasteiger partial charge in [0, 0.05) is 16.7 Å².